The van der Waals surface area contributed by atoms with Gasteiger partial charge in [0.1, 0.15) is 18.8 Å². The van der Waals surface area contributed by atoms with Crippen molar-refractivity contribution in [1.29, 1.82) is 0 Å². The third kappa shape index (κ3) is 6.04. The van der Waals surface area contributed by atoms with Crippen molar-refractivity contribution in [3.63, 3.8) is 0 Å². The number of alkyl carbamates (subject to hydrolysis) is 1. The van der Waals surface area contributed by atoms with E-state index in [2.05, 4.69) is 26.1 Å². The van der Waals surface area contributed by atoms with Gasteiger partial charge < -0.3 is 14.8 Å². The molecule has 0 heterocycles. The van der Waals surface area contributed by atoms with E-state index in [1.807, 2.05) is 30.3 Å². The number of carbonyl (C=O) groups excluding carboxylic acids is 2. The van der Waals surface area contributed by atoms with E-state index >= 15 is 0 Å². The van der Waals surface area contributed by atoms with Gasteiger partial charge in [-0.15, -0.1) is 0 Å². The van der Waals surface area contributed by atoms with Gasteiger partial charge >= 0.3 is 12.1 Å². The Morgan fingerprint density at radius 1 is 1.15 bits per heavy atom. The van der Waals surface area contributed by atoms with E-state index < -0.39 is 18.1 Å². The molecule has 1 N–H and O–H groups in total. The molecule has 4 unspecified atom stereocenters. The molecule has 0 spiro atoms. The van der Waals surface area contributed by atoms with Crippen LogP contribution in [0, 0.1) is 17.8 Å². The third-order valence-corrected chi connectivity index (χ3v) is 5.13. The zero-order valence-corrected chi connectivity index (χ0v) is 16.2. The number of esters is 1. The highest BCUT2D eigenvalue weighted by Gasteiger charge is 2.33. The second kappa shape index (κ2) is 9.60. The van der Waals surface area contributed by atoms with Gasteiger partial charge in [0.15, 0.2) is 0 Å². The number of ether oxygens (including phenoxy) is 2. The van der Waals surface area contributed by atoms with Crippen molar-refractivity contribution in [2.24, 2.45) is 17.8 Å². The summed E-state index contributed by atoms with van der Waals surface area (Å²) in [5.41, 5.74) is 0.909. The lowest BCUT2D eigenvalue weighted by atomic mass is 9.75. The van der Waals surface area contributed by atoms with E-state index in [0.29, 0.717) is 17.8 Å². The Morgan fingerprint density at radius 2 is 1.85 bits per heavy atom. The molecule has 144 valence electrons. The minimum absolute atomic E-state index is 0.0914. The van der Waals surface area contributed by atoms with Crippen LogP contribution >= 0.6 is 0 Å². The lowest BCUT2D eigenvalue weighted by Gasteiger charge is -2.36. The molecule has 0 saturated heterocycles. The molecule has 1 saturated carbocycles. The van der Waals surface area contributed by atoms with E-state index in [1.165, 1.54) is 6.42 Å². The Labute approximate surface area is 156 Å². The predicted octanol–water partition coefficient (Wildman–Crippen LogP) is 4.31. The van der Waals surface area contributed by atoms with Crippen LogP contribution in [-0.2, 0) is 20.9 Å². The van der Waals surface area contributed by atoms with Crippen LogP contribution < -0.4 is 5.32 Å². The summed E-state index contributed by atoms with van der Waals surface area (Å²) in [4.78, 5) is 24.3. The smallest absolute Gasteiger partial charge is 0.408 e. The Balaban J connectivity index is 1.80. The molecule has 1 fully saturated rings. The summed E-state index contributed by atoms with van der Waals surface area (Å²) >= 11 is 0. The fourth-order valence-electron chi connectivity index (χ4n) is 3.51. The molecule has 1 aromatic carbocycles. The van der Waals surface area contributed by atoms with Crippen LogP contribution in [-0.4, -0.2) is 24.2 Å². The summed E-state index contributed by atoms with van der Waals surface area (Å²) in [6.45, 7) is 8.32. The summed E-state index contributed by atoms with van der Waals surface area (Å²) < 4.78 is 10.9. The number of nitrogens with one attached hydrogen (secondary N) is 1. The largest absolute Gasteiger partial charge is 0.459 e. The Kier molecular flexibility index (Phi) is 7.49. The van der Waals surface area contributed by atoms with E-state index in [4.69, 9.17) is 9.47 Å². The molecule has 0 radical (unpaired) electrons. The van der Waals surface area contributed by atoms with E-state index in [9.17, 15) is 9.59 Å². The Morgan fingerprint density at radius 3 is 2.50 bits per heavy atom. The molecule has 0 aliphatic heterocycles. The van der Waals surface area contributed by atoms with Crippen LogP contribution in [0.25, 0.3) is 0 Å². The van der Waals surface area contributed by atoms with Crippen molar-refractivity contribution in [2.45, 2.75) is 65.7 Å². The first kappa shape index (κ1) is 20.3. The molecule has 0 aromatic heterocycles. The van der Waals surface area contributed by atoms with Gasteiger partial charge in [-0.1, -0.05) is 57.5 Å². The minimum atomic E-state index is -0.746. The molecule has 1 aliphatic rings. The SMILES string of the molecule is CC1CCC(C(C)C)C(OC(=O)NC(C)C(=O)OCc2ccccc2)C1. The molecule has 5 nitrogen and oxygen atoms in total. The van der Waals surface area contributed by atoms with Gasteiger partial charge in [-0.2, -0.15) is 0 Å². The summed E-state index contributed by atoms with van der Waals surface area (Å²) in [5.74, 6) is 0.921. The van der Waals surface area contributed by atoms with Gasteiger partial charge in [0.25, 0.3) is 0 Å². The highest BCUT2D eigenvalue weighted by molar-refractivity contribution is 5.80. The summed E-state index contributed by atoms with van der Waals surface area (Å²) in [6, 6.07) is 8.70. The average Bonchev–Trinajstić information content (AvgIpc) is 2.60. The number of carbonyl (C=O) groups is 2. The lowest BCUT2D eigenvalue weighted by molar-refractivity contribution is -0.147. The van der Waals surface area contributed by atoms with Crippen molar-refractivity contribution in [2.75, 3.05) is 0 Å². The maximum atomic E-state index is 12.2. The van der Waals surface area contributed by atoms with E-state index in [1.54, 1.807) is 6.92 Å². The Hall–Kier alpha value is -2.04. The highest BCUT2D eigenvalue weighted by Crippen LogP contribution is 2.35. The number of rotatable bonds is 6. The molecule has 2 rings (SSSR count). The fraction of sp³-hybridized carbons (Fsp3) is 0.619. The zero-order chi connectivity index (χ0) is 19.1. The van der Waals surface area contributed by atoms with Gasteiger partial charge in [-0.25, -0.2) is 9.59 Å². The summed E-state index contributed by atoms with van der Waals surface area (Å²) in [6.07, 6.45) is 2.49. The Bertz CT molecular complexity index is 587. The summed E-state index contributed by atoms with van der Waals surface area (Å²) in [7, 11) is 0. The molecule has 5 heteroatoms. The summed E-state index contributed by atoms with van der Waals surface area (Å²) in [5, 5.41) is 2.60. The van der Waals surface area contributed by atoms with Crippen LogP contribution in [0.15, 0.2) is 30.3 Å². The second-order valence-electron chi connectivity index (χ2n) is 7.73. The van der Waals surface area contributed by atoms with Crippen LogP contribution in [0.4, 0.5) is 4.79 Å². The second-order valence-corrected chi connectivity index (χ2v) is 7.73. The molecule has 1 aromatic rings. The van der Waals surface area contributed by atoms with Crippen LogP contribution in [0.3, 0.4) is 0 Å². The van der Waals surface area contributed by atoms with Crippen molar-refractivity contribution in [3.05, 3.63) is 35.9 Å². The quantitative estimate of drug-likeness (QED) is 0.767. The molecular weight excluding hydrogens is 330 g/mol. The number of hydrogen-bond donors (Lipinski definition) is 1. The molecule has 1 aliphatic carbocycles. The monoisotopic (exact) mass is 361 g/mol. The van der Waals surface area contributed by atoms with Crippen LogP contribution in [0.2, 0.25) is 0 Å². The number of hydrogen-bond acceptors (Lipinski definition) is 4. The van der Waals surface area contributed by atoms with Crippen molar-refractivity contribution >= 4 is 12.1 Å². The van der Waals surface area contributed by atoms with Crippen molar-refractivity contribution in [3.8, 4) is 0 Å². The lowest BCUT2D eigenvalue weighted by Crippen LogP contribution is -2.44. The number of benzene rings is 1. The topological polar surface area (TPSA) is 64.6 Å². The molecule has 26 heavy (non-hydrogen) atoms. The van der Waals surface area contributed by atoms with E-state index in [0.717, 1.165) is 18.4 Å². The highest BCUT2D eigenvalue weighted by atomic mass is 16.6. The van der Waals surface area contributed by atoms with Crippen molar-refractivity contribution in [1.82, 2.24) is 5.32 Å². The van der Waals surface area contributed by atoms with Crippen LogP contribution in [0.5, 0.6) is 0 Å². The van der Waals surface area contributed by atoms with Gasteiger partial charge in [0, 0.05) is 0 Å². The van der Waals surface area contributed by atoms with Gasteiger partial charge in [-0.3, -0.25) is 0 Å². The fourth-order valence-corrected chi connectivity index (χ4v) is 3.51. The van der Waals surface area contributed by atoms with Gasteiger partial charge in [-0.05, 0) is 43.1 Å². The first-order valence-electron chi connectivity index (χ1n) is 9.54. The predicted molar refractivity (Wildman–Crippen MR) is 100 cm³/mol. The third-order valence-electron chi connectivity index (χ3n) is 5.13. The number of amides is 1. The van der Waals surface area contributed by atoms with Crippen molar-refractivity contribution < 1.29 is 19.1 Å². The maximum absolute atomic E-state index is 12.2. The molecule has 1 amide bonds. The first-order chi connectivity index (χ1) is 12.4. The van der Waals surface area contributed by atoms with E-state index in [-0.39, 0.29) is 12.7 Å². The molecule has 0 bridgehead atoms. The standard InChI is InChI=1S/C21H31NO4/c1-14(2)18-11-10-15(3)12-19(18)26-21(24)22-16(4)20(23)25-13-17-8-6-5-7-9-17/h5-9,14-16,18-19H,10-13H2,1-4H3,(H,22,24). The average molecular weight is 361 g/mol. The van der Waals surface area contributed by atoms with Gasteiger partial charge in [0.2, 0.25) is 0 Å². The normalized spacial score (nSPS) is 24.0. The first-order valence-corrected chi connectivity index (χ1v) is 9.54. The molecular formula is C21H31NO4. The minimum Gasteiger partial charge on any atom is -0.459 e. The van der Waals surface area contributed by atoms with Gasteiger partial charge in [0.05, 0.1) is 0 Å². The maximum Gasteiger partial charge on any atom is 0.408 e. The zero-order valence-electron chi connectivity index (χ0n) is 16.2. The molecule has 4 atom stereocenters. The van der Waals surface area contributed by atoms with Crippen LogP contribution in [0.1, 0.15) is 52.5 Å².